The van der Waals surface area contributed by atoms with Gasteiger partial charge in [-0.15, -0.1) is 5.10 Å². The van der Waals surface area contributed by atoms with Crippen LogP contribution in [0.15, 0.2) is 28.6 Å². The summed E-state index contributed by atoms with van der Waals surface area (Å²) in [6.45, 7) is 4.48. The number of rotatable bonds is 5. The van der Waals surface area contributed by atoms with Crippen molar-refractivity contribution in [3.05, 3.63) is 34.0 Å². The average Bonchev–Trinajstić information content (AvgIpc) is 2.99. The lowest BCUT2D eigenvalue weighted by Gasteiger charge is -2.34. The van der Waals surface area contributed by atoms with Crippen LogP contribution in [0.5, 0.6) is 0 Å². The second kappa shape index (κ2) is 8.63. The third kappa shape index (κ3) is 4.72. The molecule has 140 valence electrons. The Morgan fingerprint density at radius 2 is 2.12 bits per heavy atom. The molecular weight excluding hydrogens is 389 g/mol. The lowest BCUT2D eigenvalue weighted by molar-refractivity contribution is -0.119. The molecule has 1 heterocycles. The van der Waals surface area contributed by atoms with Gasteiger partial charge < -0.3 is 5.32 Å². The zero-order valence-corrected chi connectivity index (χ0v) is 17.2. The van der Waals surface area contributed by atoms with Crippen molar-refractivity contribution in [2.45, 2.75) is 43.5 Å². The molecule has 26 heavy (non-hydrogen) atoms. The van der Waals surface area contributed by atoms with Crippen LogP contribution in [0.25, 0.3) is 5.69 Å². The molecule has 0 saturated heterocycles. The number of nitrogens with zero attached hydrogens (tertiary/aromatic N) is 2. The number of amides is 1. The third-order valence-corrected chi connectivity index (χ3v) is 7.35. The number of hydrogen-bond donors (Lipinski definition) is 1. The van der Waals surface area contributed by atoms with Gasteiger partial charge in [-0.1, -0.05) is 49.8 Å². The van der Waals surface area contributed by atoms with Crippen molar-refractivity contribution in [1.82, 2.24) is 15.1 Å². The molecule has 3 atom stereocenters. The van der Waals surface area contributed by atoms with Crippen molar-refractivity contribution in [3.63, 3.8) is 0 Å². The fourth-order valence-electron chi connectivity index (χ4n) is 3.23. The summed E-state index contributed by atoms with van der Waals surface area (Å²) in [6.07, 6.45) is 3.47. The molecule has 1 saturated carbocycles. The van der Waals surface area contributed by atoms with Crippen LogP contribution in [-0.2, 0) is 4.79 Å². The minimum Gasteiger partial charge on any atom is -0.352 e. The first-order valence-electron chi connectivity index (χ1n) is 8.72. The molecule has 1 aromatic heterocycles. The molecule has 1 N–H and O–H groups in total. The molecule has 4 nitrogen and oxygen atoms in total. The Balaban J connectivity index is 1.58. The summed E-state index contributed by atoms with van der Waals surface area (Å²) in [5.41, 5.74) is 0.717. The highest BCUT2D eigenvalue weighted by molar-refractivity contribution is 8.01. The number of carbonyl (C=O) groups is 1. The summed E-state index contributed by atoms with van der Waals surface area (Å²) >= 11 is 8.08. The minimum absolute atomic E-state index is 0.0374. The zero-order chi connectivity index (χ0) is 18.7. The van der Waals surface area contributed by atoms with Gasteiger partial charge in [-0.3, -0.25) is 4.79 Å². The fourth-order valence-corrected chi connectivity index (χ4v) is 5.40. The first-order valence-corrected chi connectivity index (χ1v) is 10.9. The lowest BCUT2D eigenvalue weighted by atomic mass is 9.78. The van der Waals surface area contributed by atoms with Gasteiger partial charge >= 0.3 is 0 Å². The standard InChI is InChI=1S/C18H22FN3OS3/c1-11-4-3-5-15(12(11)2)20-16(23)10-25-17-21-22(18(24)26-17)14-8-6-13(19)7-9-14/h6-9,11-12,15H,3-5,10H2,1-2H3,(H,20,23). The number of aromatic nitrogens is 2. The predicted octanol–water partition coefficient (Wildman–Crippen LogP) is 4.84. The molecule has 0 radical (unpaired) electrons. The Bertz CT molecular complexity index is 818. The monoisotopic (exact) mass is 411 g/mol. The van der Waals surface area contributed by atoms with E-state index in [2.05, 4.69) is 24.3 Å². The van der Waals surface area contributed by atoms with Crippen molar-refractivity contribution < 1.29 is 9.18 Å². The number of thioether (sulfide) groups is 1. The molecule has 2 aromatic rings. The molecule has 3 rings (SSSR count). The van der Waals surface area contributed by atoms with Gasteiger partial charge in [0.25, 0.3) is 0 Å². The topological polar surface area (TPSA) is 46.9 Å². The summed E-state index contributed by atoms with van der Waals surface area (Å²) in [7, 11) is 0. The summed E-state index contributed by atoms with van der Waals surface area (Å²) in [4.78, 5) is 12.3. The van der Waals surface area contributed by atoms with Crippen LogP contribution in [0, 0.1) is 21.6 Å². The van der Waals surface area contributed by atoms with Crippen molar-refractivity contribution in [2.24, 2.45) is 11.8 Å². The van der Waals surface area contributed by atoms with E-state index in [1.165, 1.54) is 48.1 Å². The molecule has 1 aliphatic rings. The molecular formula is C18H22FN3OS3. The summed E-state index contributed by atoms with van der Waals surface area (Å²) in [6, 6.07) is 6.29. The third-order valence-electron chi connectivity index (χ3n) is 4.98. The van der Waals surface area contributed by atoms with E-state index >= 15 is 0 Å². The molecule has 1 amide bonds. The van der Waals surface area contributed by atoms with Gasteiger partial charge in [-0.2, -0.15) is 0 Å². The van der Waals surface area contributed by atoms with Crippen molar-refractivity contribution in [2.75, 3.05) is 5.75 Å². The number of benzene rings is 1. The Morgan fingerprint density at radius 3 is 2.85 bits per heavy atom. The molecule has 0 aliphatic heterocycles. The molecule has 0 bridgehead atoms. The Morgan fingerprint density at radius 1 is 1.38 bits per heavy atom. The Hall–Kier alpha value is -1.25. The summed E-state index contributed by atoms with van der Waals surface area (Å²) < 4.78 is 16.0. The van der Waals surface area contributed by atoms with Gasteiger partial charge in [0.15, 0.2) is 8.29 Å². The number of carbonyl (C=O) groups excluding carboxylic acids is 1. The lowest BCUT2D eigenvalue weighted by Crippen LogP contribution is -2.44. The largest absolute Gasteiger partial charge is 0.352 e. The van der Waals surface area contributed by atoms with Gasteiger partial charge in [0.2, 0.25) is 5.91 Å². The van der Waals surface area contributed by atoms with E-state index < -0.39 is 0 Å². The van der Waals surface area contributed by atoms with Crippen LogP contribution < -0.4 is 5.32 Å². The van der Waals surface area contributed by atoms with Gasteiger partial charge in [0, 0.05) is 6.04 Å². The molecule has 8 heteroatoms. The van der Waals surface area contributed by atoms with E-state index in [1.807, 2.05) is 0 Å². The van der Waals surface area contributed by atoms with Crippen LogP contribution in [0.2, 0.25) is 0 Å². The van der Waals surface area contributed by atoms with Crippen LogP contribution in [0.4, 0.5) is 4.39 Å². The predicted molar refractivity (Wildman–Crippen MR) is 107 cm³/mol. The molecule has 3 unspecified atom stereocenters. The molecule has 1 aliphatic carbocycles. The number of nitrogens with one attached hydrogen (secondary N) is 1. The maximum Gasteiger partial charge on any atom is 0.230 e. The van der Waals surface area contributed by atoms with Gasteiger partial charge in [-0.25, -0.2) is 9.07 Å². The molecule has 1 fully saturated rings. The Kier molecular flexibility index (Phi) is 6.47. The van der Waals surface area contributed by atoms with Crippen LogP contribution >= 0.6 is 35.3 Å². The Labute approximate surface area is 166 Å². The second-order valence-corrected chi connectivity index (χ2v) is 9.60. The number of hydrogen-bond acceptors (Lipinski definition) is 5. The SMILES string of the molecule is CC1CCCC(NC(=O)CSc2nn(-c3ccc(F)cc3)c(=S)s2)C1C. The van der Waals surface area contributed by atoms with Gasteiger partial charge in [0.1, 0.15) is 5.82 Å². The van der Waals surface area contributed by atoms with Gasteiger partial charge in [-0.05, 0) is 54.7 Å². The van der Waals surface area contributed by atoms with E-state index in [-0.39, 0.29) is 17.8 Å². The molecule has 1 aromatic carbocycles. The van der Waals surface area contributed by atoms with Crippen molar-refractivity contribution >= 4 is 41.2 Å². The van der Waals surface area contributed by atoms with E-state index in [1.54, 1.807) is 16.8 Å². The first-order chi connectivity index (χ1) is 12.4. The first kappa shape index (κ1) is 19.5. The van der Waals surface area contributed by atoms with Crippen LogP contribution in [-0.4, -0.2) is 27.5 Å². The van der Waals surface area contributed by atoms with Gasteiger partial charge in [0.05, 0.1) is 11.4 Å². The quantitative estimate of drug-likeness (QED) is 0.565. The van der Waals surface area contributed by atoms with E-state index in [0.29, 0.717) is 27.2 Å². The highest BCUT2D eigenvalue weighted by Crippen LogP contribution is 2.30. The second-order valence-electron chi connectivity index (χ2n) is 6.75. The highest BCUT2D eigenvalue weighted by atomic mass is 32.2. The smallest absolute Gasteiger partial charge is 0.230 e. The summed E-state index contributed by atoms with van der Waals surface area (Å²) in [5.74, 6) is 1.22. The van der Waals surface area contributed by atoms with Crippen LogP contribution in [0.1, 0.15) is 33.1 Å². The van der Waals surface area contributed by atoms with Crippen molar-refractivity contribution in [3.8, 4) is 5.69 Å². The fraction of sp³-hybridized carbons (Fsp3) is 0.500. The minimum atomic E-state index is -0.298. The van der Waals surface area contributed by atoms with E-state index in [0.717, 1.165) is 10.8 Å². The van der Waals surface area contributed by atoms with E-state index in [4.69, 9.17) is 12.2 Å². The van der Waals surface area contributed by atoms with E-state index in [9.17, 15) is 9.18 Å². The normalized spacial score (nSPS) is 23.0. The summed E-state index contributed by atoms with van der Waals surface area (Å²) in [5, 5.41) is 7.62. The van der Waals surface area contributed by atoms with Crippen LogP contribution in [0.3, 0.4) is 0 Å². The van der Waals surface area contributed by atoms with Crippen molar-refractivity contribution in [1.29, 1.82) is 0 Å². The maximum absolute atomic E-state index is 13.1. The maximum atomic E-state index is 13.1. The highest BCUT2D eigenvalue weighted by Gasteiger charge is 2.28. The molecule has 0 spiro atoms. The zero-order valence-electron chi connectivity index (χ0n) is 14.8. The average molecular weight is 412 g/mol. The number of halogens is 1.